The topological polar surface area (TPSA) is 77.0 Å². The van der Waals surface area contributed by atoms with Crippen molar-refractivity contribution < 1.29 is 19.1 Å². The number of nitrogens with one attached hydrogen (secondary N) is 1. The van der Waals surface area contributed by atoms with Gasteiger partial charge in [-0.2, -0.15) is 0 Å². The van der Waals surface area contributed by atoms with Crippen molar-refractivity contribution in [3.05, 3.63) is 64.2 Å². The SMILES string of the molecule is Cc1ccc2c(c1)=NC(=O)C(CCNC(=O)/C=C/c1ccc3c(c1)OCO3)C=2. The summed E-state index contributed by atoms with van der Waals surface area (Å²) in [7, 11) is 0. The van der Waals surface area contributed by atoms with E-state index in [9.17, 15) is 9.59 Å². The Morgan fingerprint density at radius 3 is 2.96 bits per heavy atom. The predicted octanol–water partition coefficient (Wildman–Crippen LogP) is 1.50. The van der Waals surface area contributed by atoms with E-state index in [1.54, 1.807) is 6.08 Å². The summed E-state index contributed by atoms with van der Waals surface area (Å²) in [5, 5.41) is 4.49. The molecule has 0 radical (unpaired) electrons. The fourth-order valence-electron chi connectivity index (χ4n) is 3.19. The smallest absolute Gasteiger partial charge is 0.253 e. The molecule has 2 heterocycles. The molecule has 6 heteroatoms. The average molecular weight is 376 g/mol. The van der Waals surface area contributed by atoms with Gasteiger partial charge in [0, 0.05) is 12.6 Å². The van der Waals surface area contributed by atoms with Crippen LogP contribution >= 0.6 is 0 Å². The lowest BCUT2D eigenvalue weighted by atomic mass is 10.00. The van der Waals surface area contributed by atoms with Gasteiger partial charge in [-0.1, -0.05) is 24.3 Å². The first-order valence-electron chi connectivity index (χ1n) is 9.15. The molecule has 0 spiro atoms. The Morgan fingerprint density at radius 1 is 1.21 bits per heavy atom. The standard InChI is InChI=1S/C22H20N2O4/c1-14-2-5-16-12-17(22(26)24-18(16)10-14)8-9-23-21(25)7-4-15-3-6-19-20(11-15)28-13-27-19/h2-7,10-12,17H,8-9,13H2,1H3,(H,23,25)/b7-4+. The fraction of sp³-hybridized carbons (Fsp3) is 0.227. The number of aryl methyl sites for hydroxylation is 1. The Kier molecular flexibility index (Phi) is 4.93. The van der Waals surface area contributed by atoms with Crippen LogP contribution in [0.4, 0.5) is 0 Å². The van der Waals surface area contributed by atoms with Gasteiger partial charge >= 0.3 is 0 Å². The third-order valence-electron chi connectivity index (χ3n) is 4.69. The Balaban J connectivity index is 1.32. The van der Waals surface area contributed by atoms with E-state index in [-0.39, 0.29) is 24.5 Å². The molecule has 0 saturated carbocycles. The lowest BCUT2D eigenvalue weighted by molar-refractivity contribution is -0.121. The first kappa shape index (κ1) is 18.0. The number of carbonyl (C=O) groups excluding carboxylic acids is 2. The van der Waals surface area contributed by atoms with Gasteiger partial charge in [-0.05, 0) is 54.0 Å². The second-order valence-corrected chi connectivity index (χ2v) is 6.81. The second kappa shape index (κ2) is 7.68. The lowest BCUT2D eigenvalue weighted by Crippen LogP contribution is -2.35. The number of hydrogen-bond donors (Lipinski definition) is 1. The van der Waals surface area contributed by atoms with Gasteiger partial charge in [-0.15, -0.1) is 0 Å². The van der Waals surface area contributed by atoms with Gasteiger partial charge < -0.3 is 14.8 Å². The summed E-state index contributed by atoms with van der Waals surface area (Å²) in [5.41, 5.74) is 1.92. The van der Waals surface area contributed by atoms with Crippen LogP contribution in [0.3, 0.4) is 0 Å². The van der Waals surface area contributed by atoms with Gasteiger partial charge in [0.1, 0.15) is 0 Å². The summed E-state index contributed by atoms with van der Waals surface area (Å²) in [6.45, 7) is 2.59. The van der Waals surface area contributed by atoms with E-state index in [4.69, 9.17) is 9.47 Å². The van der Waals surface area contributed by atoms with Gasteiger partial charge in [0.25, 0.3) is 5.91 Å². The molecule has 2 aliphatic heterocycles. The molecule has 0 fully saturated rings. The van der Waals surface area contributed by atoms with Crippen molar-refractivity contribution in [2.45, 2.75) is 13.3 Å². The molecule has 6 nitrogen and oxygen atoms in total. The molecule has 0 aliphatic carbocycles. The largest absolute Gasteiger partial charge is 0.454 e. The van der Waals surface area contributed by atoms with Crippen LogP contribution in [0.1, 0.15) is 17.5 Å². The molecule has 0 aromatic heterocycles. The average Bonchev–Trinajstić information content (AvgIpc) is 3.14. The zero-order chi connectivity index (χ0) is 19.5. The molecule has 2 amide bonds. The molecule has 28 heavy (non-hydrogen) atoms. The van der Waals surface area contributed by atoms with E-state index in [2.05, 4.69) is 10.3 Å². The van der Waals surface area contributed by atoms with Crippen LogP contribution in [0.2, 0.25) is 0 Å². The maximum absolute atomic E-state index is 12.2. The van der Waals surface area contributed by atoms with Gasteiger partial charge in [-0.3, -0.25) is 9.59 Å². The van der Waals surface area contributed by atoms with Crippen molar-refractivity contribution >= 4 is 24.0 Å². The van der Waals surface area contributed by atoms with Crippen molar-refractivity contribution in [2.24, 2.45) is 10.9 Å². The van der Waals surface area contributed by atoms with Crippen LogP contribution < -0.4 is 25.4 Å². The summed E-state index contributed by atoms with van der Waals surface area (Å²) in [4.78, 5) is 28.4. The number of amides is 2. The minimum absolute atomic E-state index is 0.164. The quantitative estimate of drug-likeness (QED) is 0.803. The van der Waals surface area contributed by atoms with E-state index in [1.807, 2.05) is 49.4 Å². The number of benzene rings is 2. The van der Waals surface area contributed by atoms with E-state index >= 15 is 0 Å². The van der Waals surface area contributed by atoms with Crippen LogP contribution in [0.15, 0.2) is 47.5 Å². The molecular weight excluding hydrogens is 356 g/mol. The number of fused-ring (bicyclic) bond motifs is 2. The molecule has 2 aliphatic rings. The maximum Gasteiger partial charge on any atom is 0.253 e. The van der Waals surface area contributed by atoms with Crippen molar-refractivity contribution in [3.63, 3.8) is 0 Å². The Bertz CT molecular complexity index is 1090. The molecular formula is C22H20N2O4. The number of nitrogens with zero attached hydrogens (tertiary/aromatic N) is 1. The third kappa shape index (κ3) is 3.96. The van der Waals surface area contributed by atoms with Gasteiger partial charge in [0.15, 0.2) is 11.5 Å². The van der Waals surface area contributed by atoms with Crippen LogP contribution in [0.5, 0.6) is 11.5 Å². The van der Waals surface area contributed by atoms with Gasteiger partial charge in [0.05, 0.1) is 11.3 Å². The van der Waals surface area contributed by atoms with Crippen LogP contribution in [0, 0.1) is 12.8 Å². The Hall–Kier alpha value is -3.41. The minimum Gasteiger partial charge on any atom is -0.454 e. The van der Waals surface area contributed by atoms with Crippen molar-refractivity contribution in [2.75, 3.05) is 13.3 Å². The minimum atomic E-state index is -0.312. The molecule has 1 unspecified atom stereocenters. The van der Waals surface area contributed by atoms with Crippen molar-refractivity contribution in [1.82, 2.24) is 5.32 Å². The van der Waals surface area contributed by atoms with E-state index in [0.29, 0.717) is 24.5 Å². The fourth-order valence-corrected chi connectivity index (χ4v) is 3.19. The zero-order valence-electron chi connectivity index (χ0n) is 15.5. The number of ether oxygens (including phenoxy) is 2. The van der Waals surface area contributed by atoms with E-state index in [0.717, 1.165) is 21.7 Å². The molecule has 2 aromatic carbocycles. The predicted molar refractivity (Wildman–Crippen MR) is 104 cm³/mol. The van der Waals surface area contributed by atoms with Gasteiger partial charge in [0.2, 0.25) is 12.7 Å². The highest BCUT2D eigenvalue weighted by Gasteiger charge is 2.18. The monoisotopic (exact) mass is 376 g/mol. The zero-order valence-corrected chi connectivity index (χ0v) is 15.5. The summed E-state index contributed by atoms with van der Waals surface area (Å²) in [6.07, 6.45) is 5.62. The molecule has 4 rings (SSSR count). The summed E-state index contributed by atoms with van der Waals surface area (Å²) in [6, 6.07) is 11.4. The highest BCUT2D eigenvalue weighted by molar-refractivity contribution is 5.92. The lowest BCUT2D eigenvalue weighted by Gasteiger charge is -2.12. The number of rotatable bonds is 5. The normalized spacial score (nSPS) is 17.0. The third-order valence-corrected chi connectivity index (χ3v) is 4.69. The Labute approximate surface area is 162 Å². The molecule has 0 saturated heterocycles. The van der Waals surface area contributed by atoms with Crippen LogP contribution in [-0.2, 0) is 9.59 Å². The van der Waals surface area contributed by atoms with E-state index < -0.39 is 0 Å². The van der Waals surface area contributed by atoms with Crippen molar-refractivity contribution in [1.29, 1.82) is 0 Å². The van der Waals surface area contributed by atoms with Gasteiger partial charge in [-0.25, -0.2) is 4.99 Å². The molecule has 1 N–H and O–H groups in total. The first-order valence-corrected chi connectivity index (χ1v) is 9.15. The Morgan fingerprint density at radius 2 is 2.07 bits per heavy atom. The highest BCUT2D eigenvalue weighted by Crippen LogP contribution is 2.32. The maximum atomic E-state index is 12.2. The van der Waals surface area contributed by atoms with Crippen LogP contribution in [0.25, 0.3) is 12.2 Å². The summed E-state index contributed by atoms with van der Waals surface area (Å²) >= 11 is 0. The molecule has 2 aromatic rings. The second-order valence-electron chi connectivity index (χ2n) is 6.81. The molecule has 1 atom stereocenters. The van der Waals surface area contributed by atoms with Crippen LogP contribution in [-0.4, -0.2) is 25.2 Å². The van der Waals surface area contributed by atoms with Crippen molar-refractivity contribution in [3.8, 4) is 11.5 Å². The first-order chi connectivity index (χ1) is 13.6. The summed E-state index contributed by atoms with van der Waals surface area (Å²) in [5.74, 6) is 0.691. The summed E-state index contributed by atoms with van der Waals surface area (Å²) < 4.78 is 10.6. The number of carbonyl (C=O) groups is 2. The highest BCUT2D eigenvalue weighted by atomic mass is 16.7. The molecule has 142 valence electrons. The van der Waals surface area contributed by atoms with E-state index in [1.165, 1.54) is 6.08 Å². The molecule has 0 bridgehead atoms. The number of hydrogen-bond acceptors (Lipinski definition) is 4.